The molecule has 2 aromatic rings. The number of anilines is 1. The van der Waals surface area contributed by atoms with Gasteiger partial charge in [-0.2, -0.15) is 5.10 Å². The van der Waals surface area contributed by atoms with Crippen LogP contribution in [-0.4, -0.2) is 39.1 Å². The molecule has 0 bridgehead atoms. The molecule has 3 N–H and O–H groups in total. The lowest BCUT2D eigenvalue weighted by Crippen LogP contribution is -2.39. The molecule has 0 aliphatic carbocycles. The highest BCUT2D eigenvalue weighted by Crippen LogP contribution is 2.21. The van der Waals surface area contributed by atoms with Crippen LogP contribution in [0.2, 0.25) is 0 Å². The van der Waals surface area contributed by atoms with E-state index in [0.29, 0.717) is 19.5 Å². The Hall–Kier alpha value is -2.67. The summed E-state index contributed by atoms with van der Waals surface area (Å²) in [4.78, 5) is 25.8. The molecule has 1 atom stereocenters. The van der Waals surface area contributed by atoms with Crippen LogP contribution in [-0.2, 0) is 22.7 Å². The number of aryl methyl sites for hydroxylation is 2. The van der Waals surface area contributed by atoms with Crippen molar-refractivity contribution < 1.29 is 9.59 Å². The first-order valence-corrected chi connectivity index (χ1v) is 8.92. The SMILES string of the molecule is Cc1cnn(CCC(=O)Nc2cccc(CN3CCCC3C(N)=O)c2)c1. The molecule has 1 fully saturated rings. The Morgan fingerprint density at radius 3 is 2.96 bits per heavy atom. The number of likely N-dealkylation sites (tertiary alicyclic amines) is 1. The third-order valence-electron chi connectivity index (χ3n) is 4.62. The summed E-state index contributed by atoms with van der Waals surface area (Å²) < 4.78 is 1.77. The van der Waals surface area contributed by atoms with Crippen LogP contribution in [0.15, 0.2) is 36.7 Å². The number of aromatic nitrogens is 2. The van der Waals surface area contributed by atoms with Crippen LogP contribution in [0.1, 0.15) is 30.4 Å². The van der Waals surface area contributed by atoms with Crippen LogP contribution in [0.5, 0.6) is 0 Å². The molecule has 3 rings (SSSR count). The molecular weight excluding hydrogens is 330 g/mol. The van der Waals surface area contributed by atoms with E-state index in [0.717, 1.165) is 36.2 Å². The molecule has 2 amide bonds. The zero-order valence-electron chi connectivity index (χ0n) is 15.0. The van der Waals surface area contributed by atoms with Crippen molar-refractivity contribution >= 4 is 17.5 Å². The summed E-state index contributed by atoms with van der Waals surface area (Å²) in [6.07, 6.45) is 5.86. The van der Waals surface area contributed by atoms with Crippen molar-refractivity contribution in [2.24, 2.45) is 5.73 Å². The van der Waals surface area contributed by atoms with Crippen molar-refractivity contribution in [3.63, 3.8) is 0 Å². The van der Waals surface area contributed by atoms with Gasteiger partial charge in [-0.1, -0.05) is 12.1 Å². The van der Waals surface area contributed by atoms with Gasteiger partial charge in [0.15, 0.2) is 0 Å². The highest BCUT2D eigenvalue weighted by Gasteiger charge is 2.28. The molecule has 1 aromatic carbocycles. The average molecular weight is 355 g/mol. The second-order valence-electron chi connectivity index (χ2n) is 6.81. The first kappa shape index (κ1) is 18.1. The Kier molecular flexibility index (Phi) is 5.68. The third-order valence-corrected chi connectivity index (χ3v) is 4.62. The summed E-state index contributed by atoms with van der Waals surface area (Å²) in [5.41, 5.74) is 8.37. The van der Waals surface area contributed by atoms with Gasteiger partial charge in [0.05, 0.1) is 12.2 Å². The Morgan fingerprint density at radius 1 is 1.38 bits per heavy atom. The molecule has 1 aliphatic heterocycles. The van der Waals surface area contributed by atoms with E-state index in [1.165, 1.54) is 0 Å². The Balaban J connectivity index is 1.55. The monoisotopic (exact) mass is 355 g/mol. The molecule has 138 valence electrons. The standard InChI is InChI=1S/C19H25N5O2/c1-14-11-21-24(12-14)9-7-18(25)22-16-5-2-4-15(10-16)13-23-8-3-6-17(23)19(20)26/h2,4-5,10-12,17H,3,6-9,13H2,1H3,(H2,20,26)(H,22,25). The zero-order chi connectivity index (χ0) is 18.5. The van der Waals surface area contributed by atoms with Crippen LogP contribution in [0.3, 0.4) is 0 Å². The lowest BCUT2D eigenvalue weighted by atomic mass is 10.1. The third kappa shape index (κ3) is 4.70. The van der Waals surface area contributed by atoms with Gasteiger partial charge >= 0.3 is 0 Å². The van der Waals surface area contributed by atoms with E-state index in [1.54, 1.807) is 10.9 Å². The first-order valence-electron chi connectivity index (χ1n) is 8.92. The summed E-state index contributed by atoms with van der Waals surface area (Å²) in [6, 6.07) is 7.54. The number of carbonyl (C=O) groups is 2. The van der Waals surface area contributed by atoms with Crippen molar-refractivity contribution in [2.45, 2.75) is 45.3 Å². The average Bonchev–Trinajstić information content (AvgIpc) is 3.22. The van der Waals surface area contributed by atoms with Crippen LogP contribution < -0.4 is 11.1 Å². The number of nitrogens with one attached hydrogen (secondary N) is 1. The van der Waals surface area contributed by atoms with Crippen molar-refractivity contribution in [3.8, 4) is 0 Å². The predicted molar refractivity (Wildman–Crippen MR) is 99.3 cm³/mol. The van der Waals surface area contributed by atoms with Crippen LogP contribution >= 0.6 is 0 Å². The van der Waals surface area contributed by atoms with Gasteiger partial charge in [-0.05, 0) is 49.6 Å². The van der Waals surface area contributed by atoms with Crippen LogP contribution in [0.4, 0.5) is 5.69 Å². The first-order chi connectivity index (χ1) is 12.5. The number of nitrogens with zero attached hydrogens (tertiary/aromatic N) is 3. The number of hydrogen-bond acceptors (Lipinski definition) is 4. The van der Waals surface area contributed by atoms with Gasteiger partial charge in [0.25, 0.3) is 0 Å². The van der Waals surface area contributed by atoms with Gasteiger partial charge in [-0.3, -0.25) is 19.2 Å². The van der Waals surface area contributed by atoms with E-state index < -0.39 is 0 Å². The maximum Gasteiger partial charge on any atom is 0.234 e. The fraction of sp³-hybridized carbons (Fsp3) is 0.421. The molecule has 1 unspecified atom stereocenters. The predicted octanol–water partition coefficient (Wildman–Crippen LogP) is 1.67. The van der Waals surface area contributed by atoms with Gasteiger partial charge < -0.3 is 11.1 Å². The van der Waals surface area contributed by atoms with Gasteiger partial charge in [-0.25, -0.2) is 0 Å². The molecule has 0 spiro atoms. The lowest BCUT2D eigenvalue weighted by Gasteiger charge is -2.22. The summed E-state index contributed by atoms with van der Waals surface area (Å²) >= 11 is 0. The van der Waals surface area contributed by atoms with E-state index >= 15 is 0 Å². The lowest BCUT2D eigenvalue weighted by molar-refractivity contribution is -0.122. The van der Waals surface area contributed by atoms with Gasteiger partial charge in [0.2, 0.25) is 11.8 Å². The quantitative estimate of drug-likeness (QED) is 0.790. The minimum Gasteiger partial charge on any atom is -0.368 e. The molecular formula is C19H25N5O2. The summed E-state index contributed by atoms with van der Waals surface area (Å²) in [5, 5.41) is 7.11. The van der Waals surface area contributed by atoms with Crippen molar-refractivity contribution in [1.29, 1.82) is 0 Å². The molecule has 0 saturated carbocycles. The van der Waals surface area contributed by atoms with E-state index in [4.69, 9.17) is 5.73 Å². The summed E-state index contributed by atoms with van der Waals surface area (Å²) in [7, 11) is 0. The molecule has 1 aromatic heterocycles. The highest BCUT2D eigenvalue weighted by atomic mass is 16.2. The molecule has 1 aliphatic rings. The van der Waals surface area contributed by atoms with E-state index in [1.807, 2.05) is 37.4 Å². The van der Waals surface area contributed by atoms with Crippen LogP contribution in [0.25, 0.3) is 0 Å². The Bertz CT molecular complexity index is 786. The normalized spacial score (nSPS) is 17.3. The number of carbonyl (C=O) groups excluding carboxylic acids is 2. The summed E-state index contributed by atoms with van der Waals surface area (Å²) in [6.45, 7) is 4.04. The maximum atomic E-state index is 12.2. The maximum absolute atomic E-state index is 12.2. The fourth-order valence-electron chi connectivity index (χ4n) is 3.35. The number of hydrogen-bond donors (Lipinski definition) is 2. The molecule has 1 saturated heterocycles. The molecule has 7 nitrogen and oxygen atoms in total. The van der Waals surface area contributed by atoms with E-state index in [9.17, 15) is 9.59 Å². The van der Waals surface area contributed by atoms with Crippen molar-refractivity contribution in [1.82, 2.24) is 14.7 Å². The van der Waals surface area contributed by atoms with Crippen molar-refractivity contribution in [2.75, 3.05) is 11.9 Å². The van der Waals surface area contributed by atoms with Crippen LogP contribution in [0, 0.1) is 6.92 Å². The smallest absolute Gasteiger partial charge is 0.234 e. The number of primary amides is 1. The Morgan fingerprint density at radius 2 is 2.23 bits per heavy atom. The molecule has 26 heavy (non-hydrogen) atoms. The Labute approximate surface area is 153 Å². The van der Waals surface area contributed by atoms with Gasteiger partial charge in [0, 0.05) is 31.4 Å². The molecule has 0 radical (unpaired) electrons. The molecule has 7 heteroatoms. The number of rotatable bonds is 7. The largest absolute Gasteiger partial charge is 0.368 e. The molecule has 2 heterocycles. The fourth-order valence-corrected chi connectivity index (χ4v) is 3.35. The second kappa shape index (κ2) is 8.14. The number of nitrogens with two attached hydrogens (primary N) is 1. The highest BCUT2D eigenvalue weighted by molar-refractivity contribution is 5.90. The number of amides is 2. The second-order valence-corrected chi connectivity index (χ2v) is 6.81. The van der Waals surface area contributed by atoms with Gasteiger partial charge in [-0.15, -0.1) is 0 Å². The van der Waals surface area contributed by atoms with Gasteiger partial charge in [0.1, 0.15) is 0 Å². The van der Waals surface area contributed by atoms with E-state index in [-0.39, 0.29) is 17.9 Å². The minimum atomic E-state index is -0.263. The minimum absolute atomic E-state index is 0.0495. The summed E-state index contributed by atoms with van der Waals surface area (Å²) in [5.74, 6) is -0.313. The topological polar surface area (TPSA) is 93.2 Å². The number of benzene rings is 1. The van der Waals surface area contributed by atoms with Crippen molar-refractivity contribution in [3.05, 3.63) is 47.8 Å². The van der Waals surface area contributed by atoms with E-state index in [2.05, 4.69) is 15.3 Å². The zero-order valence-corrected chi connectivity index (χ0v) is 15.0.